The molecular weight excluding hydrogens is 500 g/mol. The summed E-state index contributed by atoms with van der Waals surface area (Å²) < 4.78 is 6.38. The fourth-order valence-electron chi connectivity index (χ4n) is 3.62. The number of phenols is 1. The minimum atomic E-state index is -1.81. The van der Waals surface area contributed by atoms with Gasteiger partial charge in [-0.15, -0.1) is 0 Å². The zero-order valence-corrected chi connectivity index (χ0v) is 24.8. The van der Waals surface area contributed by atoms with E-state index in [0.717, 1.165) is 52.0 Å². The van der Waals surface area contributed by atoms with E-state index in [4.69, 9.17) is 9.41 Å². The lowest BCUT2D eigenvalue weighted by Gasteiger charge is -2.36. The van der Waals surface area contributed by atoms with E-state index in [1.54, 1.807) is 12.1 Å². The number of fused-ring (bicyclic) bond motifs is 2. The molecule has 0 atom stereocenters. The fraction of sp³-hybridized carbons (Fsp3) is 0.438. The summed E-state index contributed by atoms with van der Waals surface area (Å²) in [7, 11) is 6.32. The van der Waals surface area contributed by atoms with Crippen molar-refractivity contribution in [1.29, 1.82) is 0 Å². The summed E-state index contributed by atoms with van der Waals surface area (Å²) in [5.41, 5.74) is 3.95. The second-order valence-corrected chi connectivity index (χ2v) is 16.4. The zero-order valence-electron chi connectivity index (χ0n) is 23.8. The average molecular weight is 551 g/mol. The van der Waals surface area contributed by atoms with Crippen LogP contribution in [-0.2, 0) is 13.1 Å². The largest absolute Gasteiger partial charge is 0.543 e. The topological polar surface area (TPSA) is 61.7 Å². The summed E-state index contributed by atoms with van der Waals surface area (Å²) in [5.74, 6) is 1.20. The number of aromatic nitrogens is 2. The highest BCUT2D eigenvalue weighted by atomic mass is 28.4. The van der Waals surface area contributed by atoms with Crippen LogP contribution in [0.5, 0.6) is 11.5 Å². The summed E-state index contributed by atoms with van der Waals surface area (Å²) in [6.07, 6.45) is 0. The molecule has 0 radical (unpaired) electrons. The van der Waals surface area contributed by atoms with Crippen LogP contribution in [0, 0.1) is 0 Å². The van der Waals surface area contributed by atoms with Crippen molar-refractivity contribution < 1.29 is 9.53 Å². The van der Waals surface area contributed by atoms with Crippen LogP contribution in [-0.4, -0.2) is 61.4 Å². The number of hydrogen-bond donors (Lipinski definition) is 1. The van der Waals surface area contributed by atoms with E-state index < -0.39 is 8.32 Å². The van der Waals surface area contributed by atoms with Crippen molar-refractivity contribution >= 4 is 30.1 Å². The van der Waals surface area contributed by atoms with Gasteiger partial charge in [0.1, 0.15) is 11.5 Å². The molecule has 39 heavy (non-hydrogen) atoms. The van der Waals surface area contributed by atoms with Crippen LogP contribution in [0.2, 0.25) is 18.1 Å². The van der Waals surface area contributed by atoms with Crippen molar-refractivity contribution in [3.8, 4) is 11.5 Å². The Hall–Kier alpha value is -3.00. The van der Waals surface area contributed by atoms with Crippen LogP contribution in [0.3, 0.4) is 0 Å². The smallest absolute Gasteiger partial charge is 0.250 e. The van der Waals surface area contributed by atoms with Crippen molar-refractivity contribution in [2.24, 2.45) is 0 Å². The molecule has 6 nitrogen and oxygen atoms in total. The second kappa shape index (κ2) is 13.9. The van der Waals surface area contributed by atoms with Crippen molar-refractivity contribution in [1.82, 2.24) is 19.8 Å². The maximum atomic E-state index is 9.35. The number of benzene rings is 2. The van der Waals surface area contributed by atoms with Gasteiger partial charge in [-0.3, -0.25) is 9.97 Å². The van der Waals surface area contributed by atoms with Crippen molar-refractivity contribution in [3.63, 3.8) is 0 Å². The molecule has 2 aromatic heterocycles. The Labute approximate surface area is 237 Å². The van der Waals surface area contributed by atoms with E-state index in [1.165, 1.54) is 0 Å². The first-order valence-corrected chi connectivity index (χ1v) is 15.6. The number of hydrogen-bond acceptors (Lipinski definition) is 6. The van der Waals surface area contributed by atoms with Crippen LogP contribution in [0.1, 0.15) is 47.0 Å². The van der Waals surface area contributed by atoms with Gasteiger partial charge in [-0.1, -0.05) is 47.8 Å². The third-order valence-electron chi connectivity index (χ3n) is 6.59. The lowest BCUT2D eigenvalue weighted by molar-refractivity contribution is 0.397. The fourth-order valence-corrected chi connectivity index (χ4v) is 4.64. The Morgan fingerprint density at radius 3 is 1.62 bits per heavy atom. The molecule has 0 fully saturated rings. The van der Waals surface area contributed by atoms with Crippen molar-refractivity contribution in [2.45, 2.75) is 66.8 Å². The molecule has 2 heterocycles. The summed E-state index contributed by atoms with van der Waals surface area (Å²) >= 11 is 0. The molecule has 0 saturated heterocycles. The Morgan fingerprint density at radius 1 is 0.718 bits per heavy atom. The molecule has 2 aromatic carbocycles. The maximum absolute atomic E-state index is 9.35. The first kappa shape index (κ1) is 34.0. The van der Waals surface area contributed by atoms with Crippen LogP contribution in [0.25, 0.3) is 21.8 Å². The molecule has 0 amide bonds. The van der Waals surface area contributed by atoms with Crippen LogP contribution in [0.4, 0.5) is 0 Å². The van der Waals surface area contributed by atoms with Crippen LogP contribution in [0.15, 0.2) is 60.7 Å². The van der Waals surface area contributed by atoms with Gasteiger partial charge in [0.15, 0.2) is 0 Å². The minimum Gasteiger partial charge on any atom is -0.543 e. The van der Waals surface area contributed by atoms with Crippen molar-refractivity contribution in [2.75, 3.05) is 28.2 Å². The predicted octanol–water partition coefficient (Wildman–Crippen LogP) is 7.95. The number of pyridine rings is 2. The van der Waals surface area contributed by atoms with E-state index in [2.05, 4.69) is 93.1 Å². The standard InChI is InChI=1S/C18H28N2OSi.C12H14N2O.2CH4/c1-18(2,3)22(6,7)21-16-11-9-14-8-10-15(13-20(4)5)19-17(14)12-16;1-14(2)8-10-5-3-9-4-6-11(15)7-12(9)13-10;;/h8-12H,13H2,1-7H3;3-7,15H,8H2,1-2H3;2*1H4. The van der Waals surface area contributed by atoms with Gasteiger partial charge >= 0.3 is 0 Å². The molecule has 4 aromatic rings. The highest BCUT2D eigenvalue weighted by Gasteiger charge is 2.39. The molecule has 7 heteroatoms. The molecule has 1 N–H and O–H groups in total. The summed E-state index contributed by atoms with van der Waals surface area (Å²) in [5, 5.41) is 11.8. The molecule has 4 rings (SSSR count). The molecule has 0 aliphatic heterocycles. The first-order valence-electron chi connectivity index (χ1n) is 12.7. The minimum absolute atomic E-state index is 0. The number of phenolic OH excluding ortho intramolecular Hbond substituents is 1. The van der Waals surface area contributed by atoms with Gasteiger partial charge in [0, 0.05) is 36.0 Å². The van der Waals surface area contributed by atoms with Gasteiger partial charge < -0.3 is 19.3 Å². The molecule has 0 spiro atoms. The van der Waals surface area contributed by atoms with E-state index in [9.17, 15) is 5.11 Å². The van der Waals surface area contributed by atoms with Gasteiger partial charge in [0.05, 0.1) is 22.4 Å². The van der Waals surface area contributed by atoms with E-state index in [1.807, 2.05) is 32.3 Å². The Balaban J connectivity index is 0.000000394. The maximum Gasteiger partial charge on any atom is 0.250 e. The van der Waals surface area contributed by atoms with Crippen LogP contribution < -0.4 is 4.43 Å². The quantitative estimate of drug-likeness (QED) is 0.246. The average Bonchev–Trinajstić information content (AvgIpc) is 2.77. The van der Waals surface area contributed by atoms with Gasteiger partial charge in [0.2, 0.25) is 8.32 Å². The summed E-state index contributed by atoms with van der Waals surface area (Å²) in [4.78, 5) is 13.4. The number of nitrogens with zero attached hydrogens (tertiary/aromatic N) is 4. The highest BCUT2D eigenvalue weighted by molar-refractivity contribution is 6.74. The van der Waals surface area contributed by atoms with Gasteiger partial charge in [-0.2, -0.15) is 0 Å². The van der Waals surface area contributed by atoms with E-state index in [0.29, 0.717) is 0 Å². The van der Waals surface area contributed by atoms with Crippen molar-refractivity contribution in [3.05, 3.63) is 72.1 Å². The molecule has 0 bridgehead atoms. The second-order valence-electron chi connectivity index (χ2n) is 11.7. The molecule has 214 valence electrons. The van der Waals surface area contributed by atoms with E-state index in [-0.39, 0.29) is 25.6 Å². The number of aromatic hydroxyl groups is 1. The number of rotatable bonds is 6. The predicted molar refractivity (Wildman–Crippen MR) is 171 cm³/mol. The third-order valence-corrected chi connectivity index (χ3v) is 10.9. The van der Waals surface area contributed by atoms with Gasteiger partial charge in [-0.25, -0.2) is 0 Å². The summed E-state index contributed by atoms with van der Waals surface area (Å²) in [6.45, 7) is 13.0. The highest BCUT2D eigenvalue weighted by Crippen LogP contribution is 2.37. The van der Waals surface area contributed by atoms with Gasteiger partial charge in [0.25, 0.3) is 0 Å². The van der Waals surface area contributed by atoms with E-state index >= 15 is 0 Å². The molecular formula is C32H50N4O2Si. The van der Waals surface area contributed by atoms with Crippen LogP contribution >= 0.6 is 0 Å². The lowest BCUT2D eigenvalue weighted by atomic mass is 10.2. The molecule has 0 aliphatic carbocycles. The molecule has 0 aliphatic rings. The Morgan fingerprint density at radius 2 is 1.15 bits per heavy atom. The monoisotopic (exact) mass is 550 g/mol. The molecule has 0 unspecified atom stereocenters. The lowest BCUT2D eigenvalue weighted by Crippen LogP contribution is -2.43. The summed E-state index contributed by atoms with van der Waals surface area (Å²) in [6, 6.07) is 19.8. The van der Waals surface area contributed by atoms with Gasteiger partial charge in [-0.05, 0) is 82.7 Å². The third kappa shape index (κ3) is 9.60. The normalized spacial score (nSPS) is 11.6. The first-order chi connectivity index (χ1) is 17.2. The SMILES string of the molecule is C.C.CN(C)Cc1ccc2ccc(O)cc2n1.CN(C)Cc1ccc2ccc(O[Si](C)(C)C(C)(C)C)cc2n1. The Kier molecular flexibility index (Phi) is 12.1. The zero-order chi connectivity index (χ0) is 27.4. The Bertz CT molecular complexity index is 1350. The molecule has 0 saturated carbocycles.